The summed E-state index contributed by atoms with van der Waals surface area (Å²) in [4.78, 5) is 2.48. The number of nitrogens with one attached hydrogen (secondary N) is 1. The Bertz CT molecular complexity index is 400. The smallest absolute Gasteiger partial charge is 0.0343 e. The molecule has 0 saturated heterocycles. The molecule has 0 aliphatic rings. The molecule has 0 saturated carbocycles. The summed E-state index contributed by atoms with van der Waals surface area (Å²) in [6, 6.07) is 9.61. The molecule has 4 heteroatoms. The lowest BCUT2D eigenvalue weighted by atomic mass is 10.0. The molecular formula is C17H29BrN2S. The van der Waals surface area contributed by atoms with Crippen molar-refractivity contribution in [2.75, 3.05) is 32.1 Å². The first kappa shape index (κ1) is 19.0. The maximum absolute atomic E-state index is 3.68. The van der Waals surface area contributed by atoms with E-state index in [1.165, 1.54) is 22.2 Å². The zero-order chi connectivity index (χ0) is 15.7. The highest BCUT2D eigenvalue weighted by Gasteiger charge is 2.15. The highest BCUT2D eigenvalue weighted by molar-refractivity contribution is 9.10. The molecule has 0 aromatic heterocycles. The fraction of sp³-hybridized carbons (Fsp3) is 0.647. The molecule has 0 heterocycles. The maximum atomic E-state index is 3.68. The highest BCUT2D eigenvalue weighted by Crippen LogP contribution is 2.25. The molecule has 2 atom stereocenters. The number of hydrogen-bond donors (Lipinski definition) is 1. The summed E-state index contributed by atoms with van der Waals surface area (Å²) in [6.45, 7) is 6.62. The van der Waals surface area contributed by atoms with E-state index in [-0.39, 0.29) is 0 Å². The van der Waals surface area contributed by atoms with Gasteiger partial charge in [-0.3, -0.25) is 0 Å². The lowest BCUT2D eigenvalue weighted by Gasteiger charge is -2.27. The van der Waals surface area contributed by atoms with Crippen LogP contribution in [0.4, 0.5) is 0 Å². The zero-order valence-electron chi connectivity index (χ0n) is 13.7. The third-order valence-corrected chi connectivity index (χ3v) is 5.36. The van der Waals surface area contributed by atoms with Crippen LogP contribution in [0.1, 0.15) is 38.3 Å². The molecule has 2 nitrogen and oxygen atoms in total. The van der Waals surface area contributed by atoms with Crippen LogP contribution >= 0.6 is 27.7 Å². The molecule has 0 bridgehead atoms. The van der Waals surface area contributed by atoms with Crippen LogP contribution < -0.4 is 5.32 Å². The molecule has 2 unspecified atom stereocenters. The Balaban J connectivity index is 2.57. The van der Waals surface area contributed by atoms with Crippen molar-refractivity contribution in [3.8, 4) is 0 Å². The second-order valence-electron chi connectivity index (χ2n) is 5.53. The Morgan fingerprint density at radius 2 is 2.00 bits per heavy atom. The Morgan fingerprint density at radius 3 is 2.62 bits per heavy atom. The van der Waals surface area contributed by atoms with Crippen molar-refractivity contribution < 1.29 is 0 Å². The van der Waals surface area contributed by atoms with Gasteiger partial charge in [-0.2, -0.15) is 11.8 Å². The first-order valence-electron chi connectivity index (χ1n) is 7.77. The number of thioether (sulfide) groups is 1. The van der Waals surface area contributed by atoms with Gasteiger partial charge in [-0.25, -0.2) is 0 Å². The van der Waals surface area contributed by atoms with E-state index in [1.807, 2.05) is 11.8 Å². The Kier molecular flexibility index (Phi) is 9.65. The molecule has 0 aliphatic carbocycles. The van der Waals surface area contributed by atoms with Gasteiger partial charge in [-0.05, 0) is 63.5 Å². The average molecular weight is 373 g/mol. The molecule has 0 aliphatic heterocycles. The van der Waals surface area contributed by atoms with Crippen molar-refractivity contribution in [1.29, 1.82) is 0 Å². The largest absolute Gasteiger partial charge is 0.310 e. The van der Waals surface area contributed by atoms with Gasteiger partial charge < -0.3 is 10.2 Å². The average Bonchev–Trinajstić information content (AvgIpc) is 2.49. The normalized spacial score (nSPS) is 14.4. The van der Waals surface area contributed by atoms with Crippen LogP contribution in [0.25, 0.3) is 0 Å². The second kappa shape index (κ2) is 10.7. The quantitative estimate of drug-likeness (QED) is 0.647. The third-order valence-electron chi connectivity index (χ3n) is 3.99. The first-order valence-corrected chi connectivity index (χ1v) is 9.95. The number of rotatable bonds is 10. The van der Waals surface area contributed by atoms with Crippen LogP contribution in [-0.4, -0.2) is 43.1 Å². The summed E-state index contributed by atoms with van der Waals surface area (Å²) in [5.74, 6) is 1.24. The van der Waals surface area contributed by atoms with E-state index in [1.54, 1.807) is 0 Å². The summed E-state index contributed by atoms with van der Waals surface area (Å²) >= 11 is 5.61. The van der Waals surface area contributed by atoms with Gasteiger partial charge in [-0.1, -0.05) is 41.1 Å². The minimum Gasteiger partial charge on any atom is -0.310 e. The van der Waals surface area contributed by atoms with E-state index >= 15 is 0 Å². The van der Waals surface area contributed by atoms with E-state index in [0.717, 1.165) is 19.5 Å². The third kappa shape index (κ3) is 6.72. The van der Waals surface area contributed by atoms with Gasteiger partial charge in [0.05, 0.1) is 0 Å². The van der Waals surface area contributed by atoms with Gasteiger partial charge in [0.25, 0.3) is 0 Å². The second-order valence-corrected chi connectivity index (χ2v) is 7.37. The molecule has 120 valence electrons. The SMILES string of the molecule is CCNC(CCN(C)C(C)CCSC)c1ccccc1Br. The Labute approximate surface area is 143 Å². The summed E-state index contributed by atoms with van der Waals surface area (Å²) in [6.07, 6.45) is 4.58. The molecule has 1 rings (SSSR count). The van der Waals surface area contributed by atoms with Crippen molar-refractivity contribution >= 4 is 27.7 Å². The maximum Gasteiger partial charge on any atom is 0.0343 e. The van der Waals surface area contributed by atoms with Crippen LogP contribution in [0.2, 0.25) is 0 Å². The summed E-state index contributed by atoms with van der Waals surface area (Å²) in [5, 5.41) is 3.62. The van der Waals surface area contributed by atoms with Crippen molar-refractivity contribution in [1.82, 2.24) is 10.2 Å². The number of nitrogens with zero attached hydrogens (tertiary/aromatic N) is 1. The predicted molar refractivity (Wildman–Crippen MR) is 100 cm³/mol. The fourth-order valence-corrected chi connectivity index (χ4v) is 3.57. The van der Waals surface area contributed by atoms with Crippen LogP contribution in [0, 0.1) is 0 Å². The molecule has 1 aromatic carbocycles. The summed E-state index contributed by atoms with van der Waals surface area (Å²) in [5.41, 5.74) is 1.37. The van der Waals surface area contributed by atoms with Crippen LogP contribution in [-0.2, 0) is 0 Å². The van der Waals surface area contributed by atoms with Crippen LogP contribution in [0.15, 0.2) is 28.7 Å². The highest BCUT2D eigenvalue weighted by atomic mass is 79.9. The predicted octanol–water partition coefficient (Wildman–Crippen LogP) is 4.56. The van der Waals surface area contributed by atoms with Crippen molar-refractivity contribution in [2.24, 2.45) is 0 Å². The standard InChI is InChI=1S/C17H29BrN2S/c1-5-19-17(15-8-6-7-9-16(15)18)10-12-20(3)14(2)11-13-21-4/h6-9,14,17,19H,5,10-13H2,1-4H3. The van der Waals surface area contributed by atoms with Gasteiger partial charge in [0.1, 0.15) is 0 Å². The summed E-state index contributed by atoms with van der Waals surface area (Å²) < 4.78 is 1.20. The van der Waals surface area contributed by atoms with Gasteiger partial charge in [0.2, 0.25) is 0 Å². The number of halogens is 1. The number of hydrogen-bond acceptors (Lipinski definition) is 3. The number of benzene rings is 1. The van der Waals surface area contributed by atoms with Crippen molar-refractivity contribution in [3.63, 3.8) is 0 Å². The lowest BCUT2D eigenvalue weighted by molar-refractivity contribution is 0.239. The topological polar surface area (TPSA) is 15.3 Å². The van der Waals surface area contributed by atoms with Gasteiger partial charge in [-0.15, -0.1) is 0 Å². The molecule has 0 amide bonds. The minimum atomic E-state index is 0.417. The van der Waals surface area contributed by atoms with E-state index in [2.05, 4.69) is 77.6 Å². The molecule has 0 fully saturated rings. The van der Waals surface area contributed by atoms with Crippen molar-refractivity contribution in [2.45, 2.75) is 38.8 Å². The Morgan fingerprint density at radius 1 is 1.29 bits per heavy atom. The molecule has 21 heavy (non-hydrogen) atoms. The van der Waals surface area contributed by atoms with Crippen molar-refractivity contribution in [3.05, 3.63) is 34.3 Å². The van der Waals surface area contributed by atoms with Crippen LogP contribution in [0.5, 0.6) is 0 Å². The summed E-state index contributed by atoms with van der Waals surface area (Å²) in [7, 11) is 2.24. The van der Waals surface area contributed by atoms with E-state index < -0.39 is 0 Å². The molecule has 0 spiro atoms. The van der Waals surface area contributed by atoms with E-state index in [4.69, 9.17) is 0 Å². The monoisotopic (exact) mass is 372 g/mol. The first-order chi connectivity index (χ1) is 10.1. The van der Waals surface area contributed by atoms with E-state index in [9.17, 15) is 0 Å². The minimum absolute atomic E-state index is 0.417. The Hall–Kier alpha value is -0.0300. The fourth-order valence-electron chi connectivity index (χ4n) is 2.43. The van der Waals surface area contributed by atoms with Crippen LogP contribution in [0.3, 0.4) is 0 Å². The van der Waals surface area contributed by atoms with E-state index in [0.29, 0.717) is 12.1 Å². The molecule has 1 N–H and O–H groups in total. The van der Waals surface area contributed by atoms with Gasteiger partial charge >= 0.3 is 0 Å². The molecular weight excluding hydrogens is 344 g/mol. The van der Waals surface area contributed by atoms with Gasteiger partial charge in [0.15, 0.2) is 0 Å². The van der Waals surface area contributed by atoms with Gasteiger partial charge in [0, 0.05) is 16.6 Å². The zero-order valence-corrected chi connectivity index (χ0v) is 16.1. The molecule has 1 aromatic rings. The lowest BCUT2D eigenvalue weighted by Crippen LogP contribution is -2.33. The molecule has 0 radical (unpaired) electrons.